The Balaban J connectivity index is 1.83. The van der Waals surface area contributed by atoms with Crippen molar-refractivity contribution in [3.8, 4) is 0 Å². The maximum absolute atomic E-state index is 13.3. The van der Waals surface area contributed by atoms with E-state index < -0.39 is 0 Å². The molecule has 1 aromatic rings. The molecule has 20 heavy (non-hydrogen) atoms. The van der Waals surface area contributed by atoms with E-state index in [2.05, 4.69) is 12.6 Å². The highest BCUT2D eigenvalue weighted by atomic mass is 32.1. The molecule has 1 amide bonds. The Kier molecular flexibility index (Phi) is 4.01. The lowest BCUT2D eigenvalue weighted by Crippen LogP contribution is -2.49. The van der Waals surface area contributed by atoms with Crippen LogP contribution < -0.4 is 0 Å². The van der Waals surface area contributed by atoms with Crippen LogP contribution >= 0.6 is 12.6 Å². The van der Waals surface area contributed by atoms with Gasteiger partial charge in [-0.25, -0.2) is 4.39 Å². The van der Waals surface area contributed by atoms with Crippen LogP contribution in [0.15, 0.2) is 23.1 Å². The zero-order chi connectivity index (χ0) is 14.1. The molecular formula is C16H20FNOS. The molecule has 0 spiro atoms. The van der Waals surface area contributed by atoms with Crippen LogP contribution in [0.2, 0.25) is 0 Å². The molecule has 0 bridgehead atoms. The van der Waals surface area contributed by atoms with Crippen molar-refractivity contribution in [3.05, 3.63) is 29.6 Å². The minimum atomic E-state index is -0.376. The third-order valence-corrected chi connectivity index (χ3v) is 5.04. The van der Waals surface area contributed by atoms with Gasteiger partial charge in [0, 0.05) is 23.0 Å². The Bertz CT molecular complexity index is 517. The molecule has 108 valence electrons. The zero-order valence-corrected chi connectivity index (χ0v) is 12.4. The molecule has 2 aliphatic rings. The Morgan fingerprint density at radius 2 is 1.95 bits per heavy atom. The van der Waals surface area contributed by atoms with Crippen molar-refractivity contribution < 1.29 is 9.18 Å². The highest BCUT2D eigenvalue weighted by Gasteiger charge is 2.35. The summed E-state index contributed by atoms with van der Waals surface area (Å²) in [7, 11) is 0. The van der Waals surface area contributed by atoms with Crippen molar-refractivity contribution in [1.82, 2.24) is 4.90 Å². The number of carbonyl (C=O) groups is 1. The molecule has 1 heterocycles. The molecule has 1 aliphatic heterocycles. The summed E-state index contributed by atoms with van der Waals surface area (Å²) in [6.45, 7) is 0.833. The van der Waals surface area contributed by atoms with E-state index in [1.807, 2.05) is 4.90 Å². The van der Waals surface area contributed by atoms with E-state index in [1.165, 1.54) is 31.7 Å². The summed E-state index contributed by atoms with van der Waals surface area (Å²) >= 11 is 4.07. The number of rotatable bonds is 1. The number of thiol groups is 1. The highest BCUT2D eigenvalue weighted by molar-refractivity contribution is 7.80. The van der Waals surface area contributed by atoms with Crippen molar-refractivity contribution in [3.63, 3.8) is 0 Å². The minimum absolute atomic E-state index is 0.0388. The first-order valence-corrected chi connectivity index (χ1v) is 7.91. The number of amides is 1. The van der Waals surface area contributed by atoms with Gasteiger partial charge in [-0.15, -0.1) is 12.6 Å². The number of nitrogens with zero attached hydrogens (tertiary/aromatic N) is 1. The maximum atomic E-state index is 13.3. The lowest BCUT2D eigenvalue weighted by molar-refractivity contribution is 0.0390. The summed E-state index contributed by atoms with van der Waals surface area (Å²) in [6, 6.07) is 4.84. The summed E-state index contributed by atoms with van der Waals surface area (Å²) < 4.78 is 13.3. The molecule has 1 saturated heterocycles. The molecular weight excluding hydrogens is 273 g/mol. The van der Waals surface area contributed by atoms with Gasteiger partial charge in [0.25, 0.3) is 5.91 Å². The van der Waals surface area contributed by atoms with E-state index in [1.54, 1.807) is 12.1 Å². The number of benzene rings is 1. The lowest BCUT2D eigenvalue weighted by Gasteiger charge is -2.44. The summed E-state index contributed by atoms with van der Waals surface area (Å²) in [6.07, 6.45) is 7.20. The Hall–Kier alpha value is -1.03. The SMILES string of the molecule is O=C(c1ccc(F)c(S)c1)N1CCC[C@H]2CCCC[C@H]21. The lowest BCUT2D eigenvalue weighted by atomic mass is 9.78. The van der Waals surface area contributed by atoms with Gasteiger partial charge >= 0.3 is 0 Å². The number of halogens is 1. The van der Waals surface area contributed by atoms with E-state index in [-0.39, 0.29) is 16.6 Å². The molecule has 1 aliphatic carbocycles. The van der Waals surface area contributed by atoms with Crippen LogP contribution in [0.3, 0.4) is 0 Å². The summed E-state index contributed by atoms with van der Waals surface area (Å²) in [4.78, 5) is 15.0. The first-order valence-electron chi connectivity index (χ1n) is 7.46. The van der Waals surface area contributed by atoms with Crippen molar-refractivity contribution in [2.75, 3.05) is 6.54 Å². The van der Waals surface area contributed by atoms with E-state index >= 15 is 0 Å². The molecule has 0 N–H and O–H groups in total. The predicted octanol–water partition coefficient (Wildman–Crippen LogP) is 3.91. The summed E-state index contributed by atoms with van der Waals surface area (Å²) in [5.74, 6) is 0.327. The minimum Gasteiger partial charge on any atom is -0.335 e. The van der Waals surface area contributed by atoms with Crippen LogP contribution in [-0.2, 0) is 0 Å². The quantitative estimate of drug-likeness (QED) is 0.778. The van der Waals surface area contributed by atoms with Crippen molar-refractivity contribution >= 4 is 18.5 Å². The molecule has 2 fully saturated rings. The zero-order valence-electron chi connectivity index (χ0n) is 11.5. The Morgan fingerprint density at radius 3 is 2.75 bits per heavy atom. The fourth-order valence-electron chi connectivity index (χ4n) is 3.69. The first-order chi connectivity index (χ1) is 9.66. The van der Waals surface area contributed by atoms with Crippen LogP contribution in [0.5, 0.6) is 0 Å². The number of fused-ring (bicyclic) bond motifs is 1. The van der Waals surface area contributed by atoms with Crippen molar-refractivity contribution in [2.45, 2.75) is 49.5 Å². The number of hydrogen-bond donors (Lipinski definition) is 1. The van der Waals surface area contributed by atoms with Crippen LogP contribution in [0.1, 0.15) is 48.9 Å². The van der Waals surface area contributed by atoms with Gasteiger partial charge in [0.05, 0.1) is 0 Å². The number of likely N-dealkylation sites (tertiary alicyclic amines) is 1. The first kappa shape index (κ1) is 13.9. The number of hydrogen-bond acceptors (Lipinski definition) is 2. The van der Waals surface area contributed by atoms with Crippen LogP contribution in [0.4, 0.5) is 4.39 Å². The number of piperidine rings is 1. The summed E-state index contributed by atoms with van der Waals surface area (Å²) in [5, 5.41) is 0. The molecule has 2 atom stereocenters. The fourth-order valence-corrected chi connectivity index (χ4v) is 3.90. The van der Waals surface area contributed by atoms with Gasteiger partial charge in [-0.05, 0) is 49.8 Å². The average Bonchev–Trinajstić information content (AvgIpc) is 2.49. The van der Waals surface area contributed by atoms with E-state index in [4.69, 9.17) is 0 Å². The van der Waals surface area contributed by atoms with Gasteiger partial charge in [-0.3, -0.25) is 4.79 Å². The largest absolute Gasteiger partial charge is 0.335 e. The Morgan fingerprint density at radius 1 is 1.20 bits per heavy atom. The summed E-state index contributed by atoms with van der Waals surface area (Å²) in [5.41, 5.74) is 0.558. The molecule has 0 unspecified atom stereocenters. The van der Waals surface area contributed by atoms with Crippen molar-refractivity contribution in [2.24, 2.45) is 5.92 Å². The van der Waals surface area contributed by atoms with Gasteiger partial charge in [0.15, 0.2) is 0 Å². The Labute approximate surface area is 124 Å². The average molecular weight is 293 g/mol. The molecule has 3 rings (SSSR count). The molecule has 1 saturated carbocycles. The predicted molar refractivity (Wildman–Crippen MR) is 79.7 cm³/mol. The fraction of sp³-hybridized carbons (Fsp3) is 0.562. The molecule has 4 heteroatoms. The third-order valence-electron chi connectivity index (χ3n) is 4.70. The third kappa shape index (κ3) is 2.58. The van der Waals surface area contributed by atoms with Gasteiger partial charge in [0.2, 0.25) is 0 Å². The topological polar surface area (TPSA) is 20.3 Å². The van der Waals surface area contributed by atoms with Gasteiger partial charge in [0.1, 0.15) is 5.82 Å². The number of carbonyl (C=O) groups excluding carboxylic acids is 1. The second-order valence-corrected chi connectivity index (χ2v) is 6.40. The second-order valence-electron chi connectivity index (χ2n) is 5.92. The van der Waals surface area contributed by atoms with E-state index in [0.29, 0.717) is 17.5 Å². The maximum Gasteiger partial charge on any atom is 0.254 e. The van der Waals surface area contributed by atoms with E-state index in [0.717, 1.165) is 19.4 Å². The molecule has 0 radical (unpaired) electrons. The van der Waals surface area contributed by atoms with Crippen molar-refractivity contribution in [1.29, 1.82) is 0 Å². The van der Waals surface area contributed by atoms with Gasteiger partial charge < -0.3 is 4.90 Å². The normalized spacial score (nSPS) is 26.2. The molecule has 1 aromatic carbocycles. The van der Waals surface area contributed by atoms with Gasteiger partial charge in [-0.1, -0.05) is 12.8 Å². The monoisotopic (exact) mass is 293 g/mol. The van der Waals surface area contributed by atoms with Crippen LogP contribution in [0, 0.1) is 11.7 Å². The van der Waals surface area contributed by atoms with Crippen LogP contribution in [-0.4, -0.2) is 23.4 Å². The molecule has 2 nitrogen and oxygen atoms in total. The van der Waals surface area contributed by atoms with Crippen LogP contribution in [0.25, 0.3) is 0 Å². The standard InChI is InChI=1S/C16H20FNOS/c17-13-8-7-12(10-15(13)20)16(19)18-9-3-5-11-4-1-2-6-14(11)18/h7-8,10-11,14,20H,1-6,9H2/t11-,14-/m1/s1. The molecule has 0 aromatic heterocycles. The highest BCUT2D eigenvalue weighted by Crippen LogP contribution is 2.36. The van der Waals surface area contributed by atoms with E-state index in [9.17, 15) is 9.18 Å². The van der Waals surface area contributed by atoms with Gasteiger partial charge in [-0.2, -0.15) is 0 Å². The smallest absolute Gasteiger partial charge is 0.254 e. The second kappa shape index (κ2) is 5.76.